The standard InChI is InChI=1S/C14H17N3O2S/c15-9-14(5-6-14)17-20(18)11-3-4-13(12(16)7-11)19-8-10-1-2-10/h3-4,7,10,17H,1-2,5-6,8,16H2. The Labute approximate surface area is 120 Å². The van der Waals surface area contributed by atoms with Gasteiger partial charge in [0.05, 0.1) is 23.3 Å². The molecule has 2 fully saturated rings. The van der Waals surface area contributed by atoms with E-state index in [4.69, 9.17) is 15.7 Å². The molecule has 5 nitrogen and oxygen atoms in total. The van der Waals surface area contributed by atoms with Crippen LogP contribution in [0.25, 0.3) is 0 Å². The van der Waals surface area contributed by atoms with E-state index in [1.54, 1.807) is 18.2 Å². The number of anilines is 1. The highest BCUT2D eigenvalue weighted by molar-refractivity contribution is 7.83. The van der Waals surface area contributed by atoms with Crippen molar-refractivity contribution in [3.05, 3.63) is 18.2 Å². The molecule has 1 unspecified atom stereocenters. The number of nitrogen functional groups attached to an aromatic ring is 1. The van der Waals surface area contributed by atoms with Crippen molar-refractivity contribution < 1.29 is 8.95 Å². The molecular weight excluding hydrogens is 274 g/mol. The molecule has 6 heteroatoms. The molecule has 0 bridgehead atoms. The number of nitrogens with zero attached hydrogens (tertiary/aromatic N) is 1. The van der Waals surface area contributed by atoms with E-state index in [2.05, 4.69) is 10.8 Å². The molecule has 20 heavy (non-hydrogen) atoms. The first-order chi connectivity index (χ1) is 9.62. The predicted molar refractivity (Wildman–Crippen MR) is 76.2 cm³/mol. The molecule has 0 amide bonds. The predicted octanol–water partition coefficient (Wildman–Crippen LogP) is 1.73. The van der Waals surface area contributed by atoms with Gasteiger partial charge in [-0.1, -0.05) is 0 Å². The van der Waals surface area contributed by atoms with E-state index in [0.29, 0.717) is 28.9 Å². The van der Waals surface area contributed by atoms with Crippen molar-refractivity contribution in [3.8, 4) is 11.8 Å². The van der Waals surface area contributed by atoms with Crippen molar-refractivity contribution in [1.82, 2.24) is 4.72 Å². The number of nitrogens with two attached hydrogens (primary N) is 1. The monoisotopic (exact) mass is 291 g/mol. The van der Waals surface area contributed by atoms with Crippen molar-refractivity contribution >= 4 is 16.7 Å². The molecule has 2 aliphatic carbocycles. The second-order valence-corrected chi connectivity index (χ2v) is 6.73. The molecule has 1 aromatic rings. The van der Waals surface area contributed by atoms with Gasteiger partial charge in [0.1, 0.15) is 22.3 Å². The minimum absolute atomic E-state index is 0.486. The molecule has 0 spiro atoms. The van der Waals surface area contributed by atoms with E-state index < -0.39 is 16.5 Å². The largest absolute Gasteiger partial charge is 0.491 e. The third-order valence-corrected chi connectivity index (χ3v) is 4.88. The van der Waals surface area contributed by atoms with E-state index in [-0.39, 0.29) is 0 Å². The van der Waals surface area contributed by atoms with Crippen LogP contribution in [0.5, 0.6) is 5.75 Å². The van der Waals surface area contributed by atoms with Gasteiger partial charge in [-0.05, 0) is 49.8 Å². The van der Waals surface area contributed by atoms with Crippen LogP contribution < -0.4 is 15.2 Å². The van der Waals surface area contributed by atoms with Gasteiger partial charge in [-0.25, -0.2) is 8.93 Å². The van der Waals surface area contributed by atoms with Gasteiger partial charge < -0.3 is 10.5 Å². The Kier molecular flexibility index (Phi) is 3.40. The molecule has 0 saturated heterocycles. The van der Waals surface area contributed by atoms with Gasteiger partial charge in [-0.15, -0.1) is 0 Å². The fourth-order valence-corrected chi connectivity index (χ4v) is 3.01. The van der Waals surface area contributed by atoms with Gasteiger partial charge >= 0.3 is 0 Å². The Morgan fingerprint density at radius 1 is 1.50 bits per heavy atom. The number of hydrogen-bond acceptors (Lipinski definition) is 4. The van der Waals surface area contributed by atoms with Crippen LogP contribution in [0.3, 0.4) is 0 Å². The number of ether oxygens (including phenoxy) is 1. The van der Waals surface area contributed by atoms with Gasteiger partial charge in [0, 0.05) is 0 Å². The average Bonchev–Trinajstić information content (AvgIpc) is 3.33. The smallest absolute Gasteiger partial charge is 0.142 e. The first-order valence-corrected chi connectivity index (χ1v) is 7.90. The number of nitriles is 1. The summed E-state index contributed by atoms with van der Waals surface area (Å²) in [6.07, 6.45) is 3.94. The zero-order valence-electron chi connectivity index (χ0n) is 11.1. The lowest BCUT2D eigenvalue weighted by Crippen LogP contribution is -2.31. The summed E-state index contributed by atoms with van der Waals surface area (Å²) in [5.74, 6) is 1.30. The van der Waals surface area contributed by atoms with Gasteiger partial charge in [-0.3, -0.25) is 0 Å². The lowest BCUT2D eigenvalue weighted by atomic mass is 10.3. The van der Waals surface area contributed by atoms with Crippen LogP contribution in [0.1, 0.15) is 25.7 Å². The van der Waals surface area contributed by atoms with Crippen molar-refractivity contribution in [2.45, 2.75) is 36.1 Å². The van der Waals surface area contributed by atoms with Crippen LogP contribution in [0.15, 0.2) is 23.1 Å². The number of hydrogen-bond donors (Lipinski definition) is 2. The summed E-state index contributed by atoms with van der Waals surface area (Å²) in [7, 11) is -1.42. The van der Waals surface area contributed by atoms with Crippen LogP contribution in [0.4, 0.5) is 5.69 Å². The zero-order valence-corrected chi connectivity index (χ0v) is 11.9. The minimum atomic E-state index is -1.42. The quantitative estimate of drug-likeness (QED) is 0.781. The van der Waals surface area contributed by atoms with E-state index in [9.17, 15) is 4.21 Å². The number of rotatable bonds is 6. The molecule has 0 radical (unpaired) electrons. The lowest BCUT2D eigenvalue weighted by Gasteiger charge is -2.12. The van der Waals surface area contributed by atoms with Gasteiger partial charge in [-0.2, -0.15) is 5.26 Å². The second-order valence-electron chi connectivity index (χ2n) is 5.52. The molecule has 1 atom stereocenters. The third-order valence-electron chi connectivity index (χ3n) is 3.62. The molecule has 0 heterocycles. The summed E-state index contributed by atoms with van der Waals surface area (Å²) >= 11 is 0. The van der Waals surface area contributed by atoms with Gasteiger partial charge in [0.15, 0.2) is 0 Å². The third kappa shape index (κ3) is 2.94. The Balaban J connectivity index is 1.66. The Bertz CT molecular complexity index is 589. The summed E-state index contributed by atoms with van der Waals surface area (Å²) < 4.78 is 20.6. The zero-order chi connectivity index (χ0) is 14.2. The van der Waals surface area contributed by atoms with E-state index in [0.717, 1.165) is 12.8 Å². The molecular formula is C14H17N3O2S. The van der Waals surface area contributed by atoms with Crippen LogP contribution in [0, 0.1) is 17.2 Å². The first kappa shape index (κ1) is 13.4. The summed E-state index contributed by atoms with van der Waals surface area (Å²) in [6.45, 7) is 0.697. The molecule has 1 aromatic carbocycles. The Hall–Kier alpha value is -1.58. The van der Waals surface area contributed by atoms with Crippen molar-refractivity contribution in [1.29, 1.82) is 5.26 Å². The SMILES string of the molecule is N#CC1(NS(=O)c2ccc(OCC3CC3)c(N)c2)CC1. The fourth-order valence-electron chi connectivity index (χ4n) is 1.86. The van der Waals surface area contributed by atoms with Gasteiger partial charge in [0.25, 0.3) is 0 Å². The summed E-state index contributed by atoms with van der Waals surface area (Å²) in [5.41, 5.74) is 5.80. The average molecular weight is 291 g/mol. The van der Waals surface area contributed by atoms with Crippen molar-refractivity contribution in [2.24, 2.45) is 5.92 Å². The Morgan fingerprint density at radius 2 is 2.25 bits per heavy atom. The lowest BCUT2D eigenvalue weighted by molar-refractivity contribution is 0.301. The first-order valence-electron chi connectivity index (χ1n) is 6.75. The molecule has 3 rings (SSSR count). The van der Waals surface area contributed by atoms with Crippen LogP contribution in [0.2, 0.25) is 0 Å². The highest BCUT2D eigenvalue weighted by Crippen LogP contribution is 2.36. The molecule has 2 aliphatic rings. The number of nitrogens with one attached hydrogen (secondary N) is 1. The maximum atomic E-state index is 12.2. The van der Waals surface area contributed by atoms with Crippen LogP contribution in [-0.4, -0.2) is 16.4 Å². The van der Waals surface area contributed by atoms with Crippen molar-refractivity contribution in [2.75, 3.05) is 12.3 Å². The number of benzene rings is 1. The topological polar surface area (TPSA) is 88.1 Å². The minimum Gasteiger partial charge on any atom is -0.491 e. The van der Waals surface area contributed by atoms with E-state index >= 15 is 0 Å². The fraction of sp³-hybridized carbons (Fsp3) is 0.500. The normalized spacial score (nSPS) is 20.9. The molecule has 3 N–H and O–H groups in total. The van der Waals surface area contributed by atoms with Crippen LogP contribution in [-0.2, 0) is 11.0 Å². The molecule has 106 valence electrons. The maximum Gasteiger partial charge on any atom is 0.142 e. The van der Waals surface area contributed by atoms with E-state index in [1.165, 1.54) is 12.8 Å². The highest BCUT2D eigenvalue weighted by atomic mass is 32.2. The molecule has 0 aromatic heterocycles. The van der Waals surface area contributed by atoms with Crippen LogP contribution >= 0.6 is 0 Å². The van der Waals surface area contributed by atoms with Gasteiger partial charge in [0.2, 0.25) is 0 Å². The maximum absolute atomic E-state index is 12.2. The second kappa shape index (κ2) is 5.08. The Morgan fingerprint density at radius 3 is 2.80 bits per heavy atom. The summed E-state index contributed by atoms with van der Waals surface area (Å²) in [6, 6.07) is 7.29. The highest BCUT2D eigenvalue weighted by Gasteiger charge is 2.44. The molecule has 0 aliphatic heterocycles. The van der Waals surface area contributed by atoms with E-state index in [1.807, 2.05) is 0 Å². The summed E-state index contributed by atoms with van der Waals surface area (Å²) in [5, 5.41) is 8.99. The van der Waals surface area contributed by atoms with Crippen molar-refractivity contribution in [3.63, 3.8) is 0 Å². The summed E-state index contributed by atoms with van der Waals surface area (Å²) in [4.78, 5) is 0.572. The molecule has 2 saturated carbocycles.